The van der Waals surface area contributed by atoms with E-state index in [1.807, 2.05) is 67.6 Å². The Kier molecular flexibility index (Phi) is 6.09. The lowest BCUT2D eigenvalue weighted by atomic mass is 10.1. The molecule has 5 nitrogen and oxygen atoms in total. The van der Waals surface area contributed by atoms with Crippen LogP contribution in [0.5, 0.6) is 5.75 Å². The maximum atomic E-state index is 12.6. The van der Waals surface area contributed by atoms with Crippen molar-refractivity contribution < 1.29 is 14.3 Å². The quantitative estimate of drug-likeness (QED) is 0.558. The number of ether oxygens (including phenoxy) is 1. The Balaban J connectivity index is 1.45. The summed E-state index contributed by atoms with van der Waals surface area (Å²) < 4.78 is 5.14. The van der Waals surface area contributed by atoms with Gasteiger partial charge in [-0.2, -0.15) is 0 Å². The molecule has 2 N–H and O–H groups in total. The molecule has 0 radical (unpaired) electrons. The molecule has 1 aliphatic rings. The number of benzene rings is 3. The normalized spacial score (nSPS) is 14.0. The van der Waals surface area contributed by atoms with Gasteiger partial charge >= 0.3 is 0 Å². The van der Waals surface area contributed by atoms with Crippen LogP contribution >= 0.6 is 11.8 Å². The lowest BCUT2D eigenvalue weighted by Crippen LogP contribution is -2.23. The Bertz CT molecular complexity index is 1150. The van der Waals surface area contributed by atoms with E-state index in [4.69, 9.17) is 4.74 Å². The number of methoxy groups -OCH3 is 1. The highest BCUT2D eigenvalue weighted by atomic mass is 32.2. The number of thioether (sulfide) groups is 1. The molecule has 0 aromatic heterocycles. The van der Waals surface area contributed by atoms with Gasteiger partial charge in [0.05, 0.1) is 17.7 Å². The van der Waals surface area contributed by atoms with Crippen LogP contribution in [0, 0.1) is 6.92 Å². The van der Waals surface area contributed by atoms with Gasteiger partial charge in [0.25, 0.3) is 11.8 Å². The summed E-state index contributed by atoms with van der Waals surface area (Å²) >= 11 is 1.40. The monoisotopic (exact) mass is 430 g/mol. The minimum absolute atomic E-state index is 0.172. The van der Waals surface area contributed by atoms with Crippen molar-refractivity contribution in [1.29, 1.82) is 0 Å². The molecule has 0 fully saturated rings. The highest BCUT2D eigenvalue weighted by molar-refractivity contribution is 8.04. The molecule has 0 aliphatic carbocycles. The average Bonchev–Trinajstić information content (AvgIpc) is 2.79. The van der Waals surface area contributed by atoms with Gasteiger partial charge in [-0.25, -0.2) is 0 Å². The van der Waals surface area contributed by atoms with Crippen LogP contribution in [0.4, 0.5) is 5.69 Å². The van der Waals surface area contributed by atoms with Crippen molar-refractivity contribution in [3.63, 3.8) is 0 Å². The van der Waals surface area contributed by atoms with E-state index in [1.165, 1.54) is 17.3 Å². The zero-order chi connectivity index (χ0) is 21.8. The molecule has 0 spiro atoms. The SMILES string of the molecule is COc1ccc(CNC(=O)c2ccc3c(c2)NC(=O)/C(=C\c2ccc(C)cc2)S3)cc1. The number of aryl methyl sites for hydroxylation is 1. The highest BCUT2D eigenvalue weighted by Crippen LogP contribution is 2.39. The predicted molar refractivity (Wildman–Crippen MR) is 124 cm³/mol. The molecule has 3 aromatic rings. The molecule has 0 atom stereocenters. The maximum absolute atomic E-state index is 12.6. The number of amides is 2. The largest absolute Gasteiger partial charge is 0.497 e. The molecule has 1 heterocycles. The first-order valence-electron chi connectivity index (χ1n) is 9.84. The Hall–Kier alpha value is -3.51. The Morgan fingerprint density at radius 1 is 1.06 bits per heavy atom. The van der Waals surface area contributed by atoms with Gasteiger partial charge in [0, 0.05) is 17.0 Å². The number of fused-ring (bicyclic) bond motifs is 1. The van der Waals surface area contributed by atoms with Crippen molar-refractivity contribution >= 4 is 35.3 Å². The molecule has 31 heavy (non-hydrogen) atoms. The van der Waals surface area contributed by atoms with Gasteiger partial charge in [-0.3, -0.25) is 9.59 Å². The standard InChI is InChI=1S/C25H22N2O3S/c1-16-3-5-17(6-4-16)13-23-25(29)27-21-14-19(9-12-22(21)31-23)24(28)26-15-18-7-10-20(30-2)11-8-18/h3-14H,15H2,1-2H3,(H,26,28)(H,27,29)/b23-13+. The Labute approximate surface area is 185 Å². The topological polar surface area (TPSA) is 67.4 Å². The van der Waals surface area contributed by atoms with Crippen LogP contribution in [0.3, 0.4) is 0 Å². The van der Waals surface area contributed by atoms with E-state index in [0.717, 1.165) is 21.8 Å². The smallest absolute Gasteiger partial charge is 0.262 e. The maximum Gasteiger partial charge on any atom is 0.262 e. The fraction of sp³-hybridized carbons (Fsp3) is 0.120. The summed E-state index contributed by atoms with van der Waals surface area (Å²) in [6, 6.07) is 20.9. The summed E-state index contributed by atoms with van der Waals surface area (Å²) in [7, 11) is 1.62. The fourth-order valence-electron chi connectivity index (χ4n) is 3.14. The molecule has 1 aliphatic heterocycles. The fourth-order valence-corrected chi connectivity index (χ4v) is 4.08. The molecule has 156 valence electrons. The molecule has 2 amide bonds. The van der Waals surface area contributed by atoms with E-state index in [2.05, 4.69) is 10.6 Å². The van der Waals surface area contributed by atoms with Crippen LogP contribution in [-0.2, 0) is 11.3 Å². The van der Waals surface area contributed by atoms with Crippen molar-refractivity contribution in [2.24, 2.45) is 0 Å². The zero-order valence-electron chi connectivity index (χ0n) is 17.3. The summed E-state index contributed by atoms with van der Waals surface area (Å²) in [4.78, 5) is 26.7. The summed E-state index contributed by atoms with van der Waals surface area (Å²) in [5.41, 5.74) is 4.27. The minimum atomic E-state index is -0.195. The van der Waals surface area contributed by atoms with Crippen molar-refractivity contribution in [1.82, 2.24) is 5.32 Å². The molecule has 0 saturated heterocycles. The second-order valence-corrected chi connectivity index (χ2v) is 8.30. The molecule has 6 heteroatoms. The second-order valence-electron chi connectivity index (χ2n) is 7.22. The molecule has 0 unspecified atom stereocenters. The van der Waals surface area contributed by atoms with E-state index in [-0.39, 0.29) is 11.8 Å². The first kappa shape index (κ1) is 20.8. The molecule has 0 saturated carbocycles. The van der Waals surface area contributed by atoms with Crippen molar-refractivity contribution in [3.8, 4) is 5.75 Å². The van der Waals surface area contributed by atoms with Gasteiger partial charge in [0.15, 0.2) is 0 Å². The van der Waals surface area contributed by atoms with Crippen molar-refractivity contribution in [2.75, 3.05) is 12.4 Å². The van der Waals surface area contributed by atoms with Gasteiger partial charge in [-0.15, -0.1) is 0 Å². The Morgan fingerprint density at radius 2 is 1.81 bits per heavy atom. The Morgan fingerprint density at radius 3 is 2.52 bits per heavy atom. The van der Waals surface area contributed by atoms with Gasteiger partial charge < -0.3 is 15.4 Å². The third-order valence-corrected chi connectivity index (χ3v) is 6.02. The summed E-state index contributed by atoms with van der Waals surface area (Å²) in [6.07, 6.45) is 1.87. The first-order valence-corrected chi connectivity index (χ1v) is 10.7. The van der Waals surface area contributed by atoms with E-state index < -0.39 is 0 Å². The van der Waals surface area contributed by atoms with Crippen LogP contribution in [0.15, 0.2) is 76.5 Å². The molecular formula is C25H22N2O3S. The van der Waals surface area contributed by atoms with Gasteiger partial charge in [0.1, 0.15) is 5.75 Å². The van der Waals surface area contributed by atoms with E-state index in [9.17, 15) is 9.59 Å². The van der Waals surface area contributed by atoms with Crippen LogP contribution in [-0.4, -0.2) is 18.9 Å². The number of carbonyl (C=O) groups is 2. The summed E-state index contributed by atoms with van der Waals surface area (Å²) in [5, 5.41) is 5.81. The summed E-state index contributed by atoms with van der Waals surface area (Å²) in [6.45, 7) is 2.43. The van der Waals surface area contributed by atoms with Crippen LogP contribution in [0.2, 0.25) is 0 Å². The average molecular weight is 431 g/mol. The third kappa shape index (κ3) is 4.98. The van der Waals surface area contributed by atoms with Gasteiger partial charge in [-0.05, 0) is 54.5 Å². The molecule has 0 bridgehead atoms. The van der Waals surface area contributed by atoms with Crippen LogP contribution in [0.25, 0.3) is 6.08 Å². The zero-order valence-corrected chi connectivity index (χ0v) is 18.1. The van der Waals surface area contributed by atoms with Crippen LogP contribution in [0.1, 0.15) is 27.0 Å². The second kappa shape index (κ2) is 9.10. The van der Waals surface area contributed by atoms with E-state index in [0.29, 0.717) is 22.7 Å². The minimum Gasteiger partial charge on any atom is -0.497 e. The molecular weight excluding hydrogens is 408 g/mol. The van der Waals surface area contributed by atoms with E-state index in [1.54, 1.807) is 19.2 Å². The van der Waals surface area contributed by atoms with Crippen molar-refractivity contribution in [3.05, 3.63) is 93.9 Å². The van der Waals surface area contributed by atoms with Crippen molar-refractivity contribution in [2.45, 2.75) is 18.4 Å². The number of hydrogen-bond acceptors (Lipinski definition) is 4. The van der Waals surface area contributed by atoms with Gasteiger partial charge in [-0.1, -0.05) is 53.7 Å². The molecule has 4 rings (SSSR count). The lowest BCUT2D eigenvalue weighted by Gasteiger charge is -2.19. The molecule has 3 aromatic carbocycles. The van der Waals surface area contributed by atoms with E-state index >= 15 is 0 Å². The first-order chi connectivity index (χ1) is 15.0. The number of nitrogens with one attached hydrogen (secondary N) is 2. The number of hydrogen-bond donors (Lipinski definition) is 2. The highest BCUT2D eigenvalue weighted by Gasteiger charge is 2.22. The summed E-state index contributed by atoms with van der Waals surface area (Å²) in [5.74, 6) is 0.404. The number of rotatable bonds is 5. The van der Waals surface area contributed by atoms with Crippen LogP contribution < -0.4 is 15.4 Å². The number of carbonyl (C=O) groups excluding carboxylic acids is 2. The number of anilines is 1. The van der Waals surface area contributed by atoms with Gasteiger partial charge in [0.2, 0.25) is 0 Å². The third-order valence-electron chi connectivity index (χ3n) is 4.92. The predicted octanol–water partition coefficient (Wildman–Crippen LogP) is 5.02. The lowest BCUT2D eigenvalue weighted by molar-refractivity contribution is -0.112.